The van der Waals surface area contributed by atoms with E-state index in [9.17, 15) is 28.1 Å². The van der Waals surface area contributed by atoms with Crippen molar-refractivity contribution in [2.75, 3.05) is 4.72 Å². The van der Waals surface area contributed by atoms with E-state index in [1.165, 1.54) is 36.4 Å². The summed E-state index contributed by atoms with van der Waals surface area (Å²) in [7, 11) is -4.04. The number of fused-ring (bicyclic) bond motifs is 1. The van der Waals surface area contributed by atoms with Gasteiger partial charge in [0.15, 0.2) is 0 Å². The lowest BCUT2D eigenvalue weighted by Gasteiger charge is -2.14. The Morgan fingerprint density at radius 1 is 0.938 bits per heavy atom. The lowest BCUT2D eigenvalue weighted by molar-refractivity contribution is -0.384. The zero-order valence-electron chi connectivity index (χ0n) is 16.2. The minimum absolute atomic E-state index is 0.0104. The number of rotatable bonds is 6. The van der Waals surface area contributed by atoms with Gasteiger partial charge in [-0.05, 0) is 42.0 Å². The number of anilines is 1. The highest BCUT2D eigenvalue weighted by atomic mass is 35.5. The molecule has 32 heavy (non-hydrogen) atoms. The monoisotopic (exact) mass is 471 g/mol. The fourth-order valence-corrected chi connectivity index (χ4v) is 4.51. The molecule has 0 radical (unpaired) electrons. The molecule has 0 spiro atoms. The smallest absolute Gasteiger partial charge is 0.279 e. The molecule has 1 aliphatic rings. The zero-order chi connectivity index (χ0) is 23.0. The largest absolute Gasteiger partial charge is 0.289 e. The highest BCUT2D eigenvalue weighted by Gasteiger charge is 2.35. The number of carbonyl (C=O) groups is 2. The lowest BCUT2D eigenvalue weighted by atomic mass is 10.1. The Morgan fingerprint density at radius 2 is 1.53 bits per heavy atom. The maximum Gasteiger partial charge on any atom is 0.289 e. The Morgan fingerprint density at radius 3 is 2.09 bits per heavy atom. The molecule has 1 N–H and O–H groups in total. The van der Waals surface area contributed by atoms with Crippen LogP contribution in [0.2, 0.25) is 5.02 Å². The van der Waals surface area contributed by atoms with Gasteiger partial charge in [0.05, 0.1) is 33.2 Å². The zero-order valence-corrected chi connectivity index (χ0v) is 17.8. The molecule has 3 aromatic rings. The van der Waals surface area contributed by atoms with E-state index in [-0.39, 0.29) is 22.2 Å². The van der Waals surface area contributed by atoms with Crippen LogP contribution in [0.15, 0.2) is 71.6 Å². The van der Waals surface area contributed by atoms with Gasteiger partial charge in [0, 0.05) is 6.07 Å². The van der Waals surface area contributed by atoms with Crippen molar-refractivity contribution in [2.24, 2.45) is 0 Å². The molecule has 0 aliphatic carbocycles. The summed E-state index contributed by atoms with van der Waals surface area (Å²) in [5.74, 6) is -0.818. The quantitative estimate of drug-likeness (QED) is 0.330. The fraction of sp³-hybridized carbons (Fsp3) is 0.0476. The average molecular weight is 472 g/mol. The highest BCUT2D eigenvalue weighted by molar-refractivity contribution is 7.92. The van der Waals surface area contributed by atoms with Gasteiger partial charge in [-0.15, -0.1) is 0 Å². The SMILES string of the molecule is O=C1c2ccccc2C(=O)N1Cc1ccc(S(=O)(=O)Nc2ccc(Cl)c([N+](=O)[O-])c2)cc1. The van der Waals surface area contributed by atoms with Crippen molar-refractivity contribution in [1.82, 2.24) is 4.90 Å². The number of benzene rings is 3. The highest BCUT2D eigenvalue weighted by Crippen LogP contribution is 2.29. The van der Waals surface area contributed by atoms with Crippen molar-refractivity contribution in [3.63, 3.8) is 0 Å². The number of nitrogens with zero attached hydrogens (tertiary/aromatic N) is 2. The van der Waals surface area contributed by atoms with E-state index in [1.807, 2.05) is 0 Å². The third-order valence-corrected chi connectivity index (χ3v) is 6.56. The molecule has 0 aromatic heterocycles. The third kappa shape index (κ3) is 3.93. The Kier molecular flexibility index (Phi) is 5.41. The summed E-state index contributed by atoms with van der Waals surface area (Å²) in [4.78, 5) is 36.3. The number of hydrogen-bond acceptors (Lipinski definition) is 6. The Labute approximate surface area is 187 Å². The normalized spacial score (nSPS) is 13.2. The average Bonchev–Trinajstić information content (AvgIpc) is 3.00. The van der Waals surface area contributed by atoms with Gasteiger partial charge in [0.1, 0.15) is 5.02 Å². The van der Waals surface area contributed by atoms with Crippen LogP contribution in [0.4, 0.5) is 11.4 Å². The van der Waals surface area contributed by atoms with Crippen molar-refractivity contribution in [1.29, 1.82) is 0 Å². The summed E-state index contributed by atoms with van der Waals surface area (Å²) in [6.07, 6.45) is 0. The maximum absolute atomic E-state index is 12.6. The van der Waals surface area contributed by atoms with Gasteiger partial charge in [-0.3, -0.25) is 29.3 Å². The molecule has 0 fully saturated rings. The molecule has 4 rings (SSSR count). The van der Waals surface area contributed by atoms with E-state index in [0.717, 1.165) is 11.0 Å². The number of hydrogen-bond donors (Lipinski definition) is 1. The van der Waals surface area contributed by atoms with Gasteiger partial charge >= 0.3 is 0 Å². The van der Waals surface area contributed by atoms with E-state index in [1.54, 1.807) is 24.3 Å². The van der Waals surface area contributed by atoms with E-state index in [2.05, 4.69) is 4.72 Å². The predicted molar refractivity (Wildman–Crippen MR) is 116 cm³/mol. The number of halogens is 1. The summed E-state index contributed by atoms with van der Waals surface area (Å²) in [5, 5.41) is 10.9. The Bertz CT molecular complexity index is 1340. The number of nitro groups is 1. The number of amides is 2. The Hall–Kier alpha value is -3.76. The van der Waals surface area contributed by atoms with Crippen molar-refractivity contribution in [3.8, 4) is 0 Å². The minimum atomic E-state index is -4.04. The molecular formula is C21H14ClN3O6S. The number of sulfonamides is 1. The standard InChI is InChI=1S/C21H14ClN3O6S/c22-18-10-7-14(11-19(18)25(28)29)23-32(30,31)15-8-5-13(6-9-15)12-24-20(26)16-3-1-2-4-17(16)21(24)27/h1-11,23H,12H2. The molecule has 0 atom stereocenters. The first-order chi connectivity index (χ1) is 15.2. The van der Waals surface area contributed by atoms with E-state index < -0.39 is 32.4 Å². The van der Waals surface area contributed by atoms with Crippen LogP contribution in [0.5, 0.6) is 0 Å². The molecule has 1 heterocycles. The summed E-state index contributed by atoms with van der Waals surface area (Å²) in [6.45, 7) is -0.0104. The second kappa shape index (κ2) is 8.06. The third-order valence-electron chi connectivity index (χ3n) is 4.85. The van der Waals surface area contributed by atoms with Crippen LogP contribution in [0.1, 0.15) is 26.3 Å². The topological polar surface area (TPSA) is 127 Å². The van der Waals surface area contributed by atoms with Gasteiger partial charge in [-0.25, -0.2) is 8.42 Å². The molecule has 0 bridgehead atoms. The van der Waals surface area contributed by atoms with Crippen LogP contribution in [0.3, 0.4) is 0 Å². The Balaban J connectivity index is 1.51. The molecule has 3 aromatic carbocycles. The number of carbonyl (C=O) groups excluding carboxylic acids is 2. The van der Waals surface area contributed by atoms with Gasteiger partial charge in [-0.2, -0.15) is 0 Å². The van der Waals surface area contributed by atoms with Crippen molar-refractivity contribution in [2.45, 2.75) is 11.4 Å². The van der Waals surface area contributed by atoms with Crippen LogP contribution in [0.25, 0.3) is 0 Å². The summed E-state index contributed by atoms with van der Waals surface area (Å²) < 4.78 is 27.6. The molecule has 0 saturated carbocycles. The number of nitrogens with one attached hydrogen (secondary N) is 1. The first-order valence-corrected chi connectivity index (χ1v) is 11.0. The van der Waals surface area contributed by atoms with Gasteiger partial charge in [0.25, 0.3) is 27.5 Å². The predicted octanol–water partition coefficient (Wildman–Crippen LogP) is 3.85. The van der Waals surface area contributed by atoms with Crippen LogP contribution in [-0.2, 0) is 16.6 Å². The van der Waals surface area contributed by atoms with E-state index in [0.29, 0.717) is 16.7 Å². The molecule has 1 aliphatic heterocycles. The summed E-state index contributed by atoms with van der Waals surface area (Å²) >= 11 is 5.75. The second-order valence-electron chi connectivity index (χ2n) is 6.91. The maximum atomic E-state index is 12.6. The summed E-state index contributed by atoms with van der Waals surface area (Å²) in [5.41, 5.74) is 0.774. The van der Waals surface area contributed by atoms with E-state index in [4.69, 9.17) is 11.6 Å². The molecule has 9 nitrogen and oxygen atoms in total. The number of imide groups is 1. The molecule has 0 saturated heterocycles. The van der Waals surface area contributed by atoms with Gasteiger partial charge in [0.2, 0.25) is 0 Å². The first-order valence-electron chi connectivity index (χ1n) is 9.18. The van der Waals surface area contributed by atoms with Crippen molar-refractivity contribution >= 4 is 44.8 Å². The van der Waals surface area contributed by atoms with Crippen LogP contribution in [-0.4, -0.2) is 30.1 Å². The van der Waals surface area contributed by atoms with E-state index >= 15 is 0 Å². The molecule has 162 valence electrons. The summed E-state index contributed by atoms with van der Waals surface area (Å²) in [6, 6.07) is 15.7. The van der Waals surface area contributed by atoms with Crippen molar-refractivity contribution < 1.29 is 22.9 Å². The second-order valence-corrected chi connectivity index (χ2v) is 9.00. The first kappa shape index (κ1) is 21.5. The fourth-order valence-electron chi connectivity index (χ4n) is 3.27. The van der Waals surface area contributed by atoms with Gasteiger partial charge in [-0.1, -0.05) is 35.9 Å². The molecule has 0 unspecified atom stereocenters. The molecule has 11 heteroatoms. The minimum Gasteiger partial charge on any atom is -0.279 e. The van der Waals surface area contributed by atoms with Crippen molar-refractivity contribution in [3.05, 3.63) is 98.6 Å². The lowest BCUT2D eigenvalue weighted by Crippen LogP contribution is -2.29. The van der Waals surface area contributed by atoms with Crippen LogP contribution < -0.4 is 4.72 Å². The van der Waals surface area contributed by atoms with Gasteiger partial charge < -0.3 is 0 Å². The van der Waals surface area contributed by atoms with Crippen LogP contribution >= 0.6 is 11.6 Å². The number of nitro benzene ring substituents is 1. The molecule has 2 amide bonds. The van der Waals surface area contributed by atoms with Crippen LogP contribution in [0, 0.1) is 10.1 Å². The molecular weight excluding hydrogens is 458 g/mol.